The fraction of sp³-hybridized carbons (Fsp3) is 0.571. The van der Waals surface area contributed by atoms with Gasteiger partial charge < -0.3 is 25.0 Å². The van der Waals surface area contributed by atoms with Crippen LogP contribution in [0.3, 0.4) is 0 Å². The van der Waals surface area contributed by atoms with E-state index in [1.54, 1.807) is 6.07 Å². The SMILES string of the molecule is NCC1OCCN1c1ccc(N2CCOCC2)c(F)c1. The Balaban J connectivity index is 1.80. The van der Waals surface area contributed by atoms with E-state index < -0.39 is 0 Å². The molecule has 0 spiro atoms. The number of morpholine rings is 1. The summed E-state index contributed by atoms with van der Waals surface area (Å²) in [5.41, 5.74) is 7.13. The molecule has 0 aliphatic carbocycles. The number of nitrogens with two attached hydrogens (primary N) is 1. The smallest absolute Gasteiger partial charge is 0.148 e. The Hall–Kier alpha value is -1.37. The van der Waals surface area contributed by atoms with Gasteiger partial charge in [0.25, 0.3) is 0 Å². The van der Waals surface area contributed by atoms with Crippen molar-refractivity contribution in [2.24, 2.45) is 5.73 Å². The topological polar surface area (TPSA) is 51.0 Å². The average molecular weight is 281 g/mol. The molecule has 1 atom stereocenters. The van der Waals surface area contributed by atoms with Crippen LogP contribution in [0.1, 0.15) is 0 Å². The van der Waals surface area contributed by atoms with Crippen LogP contribution in [0.15, 0.2) is 18.2 Å². The van der Waals surface area contributed by atoms with Crippen LogP contribution < -0.4 is 15.5 Å². The lowest BCUT2D eigenvalue weighted by molar-refractivity contribution is 0.119. The van der Waals surface area contributed by atoms with Crippen molar-refractivity contribution in [3.8, 4) is 0 Å². The molecule has 2 heterocycles. The van der Waals surface area contributed by atoms with E-state index >= 15 is 0 Å². The van der Waals surface area contributed by atoms with Crippen molar-refractivity contribution in [2.45, 2.75) is 6.23 Å². The summed E-state index contributed by atoms with van der Waals surface area (Å²) < 4.78 is 25.1. The molecule has 0 aromatic heterocycles. The summed E-state index contributed by atoms with van der Waals surface area (Å²) >= 11 is 0. The summed E-state index contributed by atoms with van der Waals surface area (Å²) in [6.45, 7) is 4.55. The molecule has 20 heavy (non-hydrogen) atoms. The molecule has 2 aliphatic heterocycles. The van der Waals surface area contributed by atoms with Gasteiger partial charge in [0, 0.05) is 31.9 Å². The predicted molar refractivity (Wildman–Crippen MR) is 75.6 cm³/mol. The Morgan fingerprint density at radius 2 is 2.00 bits per heavy atom. The van der Waals surface area contributed by atoms with Gasteiger partial charge in [-0.1, -0.05) is 0 Å². The molecule has 3 rings (SSSR count). The van der Waals surface area contributed by atoms with Crippen LogP contribution in [0, 0.1) is 5.82 Å². The summed E-state index contributed by atoms with van der Waals surface area (Å²) in [6.07, 6.45) is -0.149. The van der Waals surface area contributed by atoms with E-state index in [9.17, 15) is 4.39 Å². The molecule has 2 N–H and O–H groups in total. The summed E-state index contributed by atoms with van der Waals surface area (Å²) in [5, 5.41) is 0. The van der Waals surface area contributed by atoms with Gasteiger partial charge in [-0.2, -0.15) is 0 Å². The number of rotatable bonds is 3. The van der Waals surface area contributed by atoms with Crippen molar-refractivity contribution in [1.29, 1.82) is 0 Å². The van der Waals surface area contributed by atoms with E-state index in [4.69, 9.17) is 15.2 Å². The maximum Gasteiger partial charge on any atom is 0.148 e. The van der Waals surface area contributed by atoms with Crippen LogP contribution >= 0.6 is 0 Å². The number of ether oxygens (including phenoxy) is 2. The molecule has 5 nitrogen and oxygen atoms in total. The highest BCUT2D eigenvalue weighted by atomic mass is 19.1. The van der Waals surface area contributed by atoms with Gasteiger partial charge >= 0.3 is 0 Å². The Morgan fingerprint density at radius 3 is 2.70 bits per heavy atom. The van der Waals surface area contributed by atoms with Crippen molar-refractivity contribution in [3.05, 3.63) is 24.0 Å². The highest BCUT2D eigenvalue weighted by molar-refractivity contribution is 5.58. The maximum atomic E-state index is 14.3. The minimum atomic E-state index is -0.202. The van der Waals surface area contributed by atoms with Gasteiger partial charge in [-0.3, -0.25) is 0 Å². The second-order valence-electron chi connectivity index (χ2n) is 4.99. The van der Waals surface area contributed by atoms with Crippen LogP contribution in [0.4, 0.5) is 15.8 Å². The molecule has 0 amide bonds. The van der Waals surface area contributed by atoms with E-state index in [1.165, 1.54) is 0 Å². The number of nitrogens with zero attached hydrogens (tertiary/aromatic N) is 2. The molecule has 2 fully saturated rings. The summed E-state index contributed by atoms with van der Waals surface area (Å²) in [5.74, 6) is -0.202. The average Bonchev–Trinajstić information content (AvgIpc) is 2.96. The van der Waals surface area contributed by atoms with E-state index in [0.29, 0.717) is 32.1 Å². The lowest BCUT2D eigenvalue weighted by Crippen LogP contribution is -2.37. The Kier molecular flexibility index (Phi) is 4.05. The highest BCUT2D eigenvalue weighted by Crippen LogP contribution is 2.28. The molecule has 2 aliphatic rings. The maximum absolute atomic E-state index is 14.3. The van der Waals surface area contributed by atoms with Gasteiger partial charge in [0.05, 0.1) is 25.5 Å². The van der Waals surface area contributed by atoms with Crippen molar-refractivity contribution < 1.29 is 13.9 Å². The zero-order valence-corrected chi connectivity index (χ0v) is 11.4. The van der Waals surface area contributed by atoms with E-state index in [1.807, 2.05) is 21.9 Å². The van der Waals surface area contributed by atoms with Crippen LogP contribution in [-0.4, -0.2) is 52.2 Å². The normalized spacial score (nSPS) is 23.4. The third kappa shape index (κ3) is 2.59. The molecule has 2 saturated heterocycles. The lowest BCUT2D eigenvalue weighted by atomic mass is 10.2. The molecule has 0 radical (unpaired) electrons. The fourth-order valence-electron chi connectivity index (χ4n) is 2.75. The van der Waals surface area contributed by atoms with Crippen LogP contribution in [-0.2, 0) is 9.47 Å². The number of halogens is 1. The van der Waals surface area contributed by atoms with Crippen molar-refractivity contribution >= 4 is 11.4 Å². The second-order valence-corrected chi connectivity index (χ2v) is 4.99. The second kappa shape index (κ2) is 5.95. The largest absolute Gasteiger partial charge is 0.378 e. The van der Waals surface area contributed by atoms with Crippen molar-refractivity contribution in [3.63, 3.8) is 0 Å². The Labute approximate surface area is 118 Å². The summed E-state index contributed by atoms with van der Waals surface area (Å²) in [6, 6.07) is 5.34. The Morgan fingerprint density at radius 1 is 1.20 bits per heavy atom. The quantitative estimate of drug-likeness (QED) is 0.887. The van der Waals surface area contributed by atoms with Gasteiger partial charge in [-0.15, -0.1) is 0 Å². The molecule has 6 heteroatoms. The molecule has 110 valence electrons. The first-order chi connectivity index (χ1) is 9.79. The first-order valence-corrected chi connectivity index (χ1v) is 7.00. The molecular weight excluding hydrogens is 261 g/mol. The van der Waals surface area contributed by atoms with Gasteiger partial charge in [0.2, 0.25) is 0 Å². The lowest BCUT2D eigenvalue weighted by Gasteiger charge is -2.30. The third-order valence-electron chi connectivity index (χ3n) is 3.81. The molecule has 1 aromatic rings. The van der Waals surface area contributed by atoms with E-state index in [0.717, 1.165) is 25.3 Å². The first kappa shape index (κ1) is 13.6. The Bertz CT molecular complexity index is 466. The predicted octanol–water partition coefficient (Wildman–Crippen LogP) is 0.784. The van der Waals surface area contributed by atoms with Crippen LogP contribution in [0.5, 0.6) is 0 Å². The minimum Gasteiger partial charge on any atom is -0.378 e. The third-order valence-corrected chi connectivity index (χ3v) is 3.81. The summed E-state index contributed by atoms with van der Waals surface area (Å²) in [7, 11) is 0. The molecule has 1 aromatic carbocycles. The zero-order valence-electron chi connectivity index (χ0n) is 11.4. The van der Waals surface area contributed by atoms with Gasteiger partial charge in [-0.25, -0.2) is 4.39 Å². The van der Waals surface area contributed by atoms with Crippen LogP contribution in [0.25, 0.3) is 0 Å². The summed E-state index contributed by atoms with van der Waals surface area (Å²) in [4.78, 5) is 4.02. The van der Waals surface area contributed by atoms with Gasteiger partial charge in [0.15, 0.2) is 0 Å². The first-order valence-electron chi connectivity index (χ1n) is 7.00. The fourth-order valence-corrected chi connectivity index (χ4v) is 2.75. The standard InChI is InChI=1S/C14H20FN3O2/c15-12-9-11(18-5-8-20-14(18)10-16)1-2-13(12)17-3-6-19-7-4-17/h1-2,9,14H,3-8,10,16H2. The molecule has 0 saturated carbocycles. The number of benzene rings is 1. The number of hydrogen-bond donors (Lipinski definition) is 1. The number of hydrogen-bond acceptors (Lipinski definition) is 5. The number of anilines is 2. The molecular formula is C14H20FN3O2. The van der Waals surface area contributed by atoms with Gasteiger partial charge in [0.1, 0.15) is 12.0 Å². The van der Waals surface area contributed by atoms with Crippen molar-refractivity contribution in [2.75, 3.05) is 55.8 Å². The minimum absolute atomic E-state index is 0.149. The van der Waals surface area contributed by atoms with E-state index in [2.05, 4.69) is 0 Å². The van der Waals surface area contributed by atoms with E-state index in [-0.39, 0.29) is 12.0 Å². The van der Waals surface area contributed by atoms with Crippen molar-refractivity contribution in [1.82, 2.24) is 0 Å². The zero-order chi connectivity index (χ0) is 13.9. The molecule has 1 unspecified atom stereocenters. The molecule has 0 bridgehead atoms. The highest BCUT2D eigenvalue weighted by Gasteiger charge is 2.25. The monoisotopic (exact) mass is 281 g/mol. The van der Waals surface area contributed by atoms with Crippen LogP contribution in [0.2, 0.25) is 0 Å². The van der Waals surface area contributed by atoms with Gasteiger partial charge in [-0.05, 0) is 18.2 Å².